The van der Waals surface area contributed by atoms with Gasteiger partial charge in [-0.25, -0.2) is 0 Å². The van der Waals surface area contributed by atoms with Crippen LogP contribution in [0.3, 0.4) is 0 Å². The Morgan fingerprint density at radius 3 is 2.33 bits per heavy atom. The first-order valence-corrected chi connectivity index (χ1v) is 7.11. The van der Waals surface area contributed by atoms with Crippen molar-refractivity contribution >= 4 is 33.5 Å². The van der Waals surface area contributed by atoms with Crippen LogP contribution < -0.4 is 0 Å². The molecule has 0 saturated carbocycles. The van der Waals surface area contributed by atoms with Crippen molar-refractivity contribution in [3.8, 4) is 0 Å². The van der Waals surface area contributed by atoms with Gasteiger partial charge in [0.25, 0.3) is 0 Å². The van der Waals surface area contributed by atoms with Crippen LogP contribution in [0.4, 0.5) is 0 Å². The van der Waals surface area contributed by atoms with Crippen molar-refractivity contribution in [2.75, 3.05) is 0 Å². The minimum Gasteiger partial charge on any atom is -0.289 e. The van der Waals surface area contributed by atoms with Crippen molar-refractivity contribution in [1.82, 2.24) is 0 Å². The topological polar surface area (TPSA) is 17.1 Å². The van der Waals surface area contributed by atoms with Crippen LogP contribution >= 0.6 is 27.7 Å². The van der Waals surface area contributed by atoms with Crippen molar-refractivity contribution in [1.29, 1.82) is 0 Å². The fraction of sp³-hybridized carbons (Fsp3) is 0. The summed E-state index contributed by atoms with van der Waals surface area (Å²) in [5.74, 6) is 0.0194. The highest BCUT2D eigenvalue weighted by molar-refractivity contribution is 9.10. The molecule has 0 aromatic heterocycles. The third-order valence-corrected chi connectivity index (χ3v) is 3.64. The molecule has 0 N–H and O–H groups in total. The second kappa shape index (κ2) is 6.57. The zero-order chi connectivity index (χ0) is 12.8. The molecule has 0 saturated heterocycles. The molecule has 1 nitrogen and oxygen atoms in total. The Morgan fingerprint density at radius 1 is 1.00 bits per heavy atom. The highest BCUT2D eigenvalue weighted by Crippen LogP contribution is 2.18. The number of rotatable bonds is 4. The lowest BCUT2D eigenvalue weighted by Gasteiger charge is -1.96. The fourth-order valence-corrected chi connectivity index (χ4v) is 2.31. The van der Waals surface area contributed by atoms with E-state index in [1.54, 1.807) is 6.08 Å². The molecule has 0 atom stereocenters. The lowest BCUT2D eigenvalue weighted by molar-refractivity contribution is 0.104. The molecule has 0 fully saturated rings. The van der Waals surface area contributed by atoms with Crippen LogP contribution in [0.2, 0.25) is 0 Å². The van der Waals surface area contributed by atoms with Crippen LogP contribution in [0.15, 0.2) is 75.4 Å². The summed E-state index contributed by atoms with van der Waals surface area (Å²) in [4.78, 5) is 13.0. The number of hydrogen-bond donors (Lipinski definition) is 0. The van der Waals surface area contributed by atoms with Crippen molar-refractivity contribution in [2.45, 2.75) is 4.90 Å². The van der Waals surface area contributed by atoms with Gasteiger partial charge in [0.15, 0.2) is 5.78 Å². The number of hydrogen-bond acceptors (Lipinski definition) is 2. The highest BCUT2D eigenvalue weighted by Gasteiger charge is 2.00. The van der Waals surface area contributed by atoms with Gasteiger partial charge in [0.1, 0.15) is 0 Å². The number of benzene rings is 2. The number of ketones is 1. The molecular weight excluding hydrogens is 308 g/mol. The van der Waals surface area contributed by atoms with E-state index < -0.39 is 0 Å². The third kappa shape index (κ3) is 3.86. The Balaban J connectivity index is 1.97. The average molecular weight is 319 g/mol. The summed E-state index contributed by atoms with van der Waals surface area (Å²) in [6.45, 7) is 0. The molecule has 2 rings (SSSR count). The Hall–Kier alpha value is -1.32. The molecule has 0 aliphatic heterocycles. The summed E-state index contributed by atoms with van der Waals surface area (Å²) in [6, 6.07) is 17.3. The van der Waals surface area contributed by atoms with Gasteiger partial charge in [-0.2, -0.15) is 0 Å². The van der Waals surface area contributed by atoms with E-state index in [0.29, 0.717) is 5.56 Å². The van der Waals surface area contributed by atoms with E-state index in [4.69, 9.17) is 0 Å². The molecule has 0 bridgehead atoms. The summed E-state index contributed by atoms with van der Waals surface area (Å²) in [7, 11) is 0. The number of carbonyl (C=O) groups is 1. The van der Waals surface area contributed by atoms with Gasteiger partial charge >= 0.3 is 0 Å². The number of allylic oxidation sites excluding steroid dienone is 1. The largest absolute Gasteiger partial charge is 0.289 e. The summed E-state index contributed by atoms with van der Waals surface area (Å²) >= 11 is 4.88. The van der Waals surface area contributed by atoms with Gasteiger partial charge in [0.05, 0.1) is 0 Å². The molecule has 2 aromatic rings. The lowest BCUT2D eigenvalue weighted by atomic mass is 10.1. The maximum absolute atomic E-state index is 11.8. The van der Waals surface area contributed by atoms with Gasteiger partial charge in [0.2, 0.25) is 0 Å². The summed E-state index contributed by atoms with van der Waals surface area (Å²) in [5.41, 5.74) is 0.697. The monoisotopic (exact) mass is 318 g/mol. The first-order valence-electron chi connectivity index (χ1n) is 5.44. The normalized spacial score (nSPS) is 10.7. The van der Waals surface area contributed by atoms with Gasteiger partial charge in [-0.1, -0.05) is 45.9 Å². The predicted molar refractivity (Wildman–Crippen MR) is 79.9 cm³/mol. The van der Waals surface area contributed by atoms with Crippen molar-refractivity contribution in [3.63, 3.8) is 0 Å². The summed E-state index contributed by atoms with van der Waals surface area (Å²) in [5, 5.41) is 1.82. The maximum atomic E-state index is 11.8. The molecule has 0 aliphatic rings. The van der Waals surface area contributed by atoms with Gasteiger partial charge in [-0.05, 0) is 47.9 Å². The van der Waals surface area contributed by atoms with E-state index in [1.165, 1.54) is 11.8 Å². The smallest absolute Gasteiger partial charge is 0.186 e. The van der Waals surface area contributed by atoms with Crippen LogP contribution in [0, 0.1) is 0 Å². The fourth-order valence-electron chi connectivity index (χ4n) is 1.38. The maximum Gasteiger partial charge on any atom is 0.186 e. The van der Waals surface area contributed by atoms with Crippen LogP contribution in [-0.2, 0) is 0 Å². The molecule has 18 heavy (non-hydrogen) atoms. The molecule has 0 unspecified atom stereocenters. The van der Waals surface area contributed by atoms with E-state index in [-0.39, 0.29) is 5.78 Å². The lowest BCUT2D eigenvalue weighted by Crippen LogP contribution is -1.92. The second-order valence-electron chi connectivity index (χ2n) is 3.60. The van der Waals surface area contributed by atoms with Crippen molar-refractivity contribution in [2.24, 2.45) is 0 Å². The zero-order valence-electron chi connectivity index (χ0n) is 9.55. The Bertz CT molecular complexity index is 546. The quantitative estimate of drug-likeness (QED) is 0.451. The van der Waals surface area contributed by atoms with Gasteiger partial charge in [0, 0.05) is 14.9 Å². The van der Waals surface area contributed by atoms with Crippen LogP contribution in [-0.4, -0.2) is 5.78 Å². The number of halogens is 1. The minimum absolute atomic E-state index is 0.0194. The molecule has 0 aliphatic carbocycles. The highest BCUT2D eigenvalue weighted by atomic mass is 79.9. The standard InChI is InChI=1S/C15H11BrOS/c16-13-8-6-12(7-9-13)15(17)10-11-18-14-4-2-1-3-5-14/h1-11H. The van der Waals surface area contributed by atoms with E-state index >= 15 is 0 Å². The molecule has 0 heterocycles. The molecule has 0 amide bonds. The van der Waals surface area contributed by atoms with Crippen molar-refractivity contribution in [3.05, 3.63) is 76.1 Å². The molecule has 3 heteroatoms. The van der Waals surface area contributed by atoms with Gasteiger partial charge in [-0.3, -0.25) is 4.79 Å². The summed E-state index contributed by atoms with van der Waals surface area (Å²) in [6.07, 6.45) is 1.60. The van der Waals surface area contributed by atoms with Gasteiger partial charge < -0.3 is 0 Å². The third-order valence-electron chi connectivity index (χ3n) is 2.30. The molecule has 0 radical (unpaired) electrons. The van der Waals surface area contributed by atoms with E-state index in [2.05, 4.69) is 15.9 Å². The molecular formula is C15H11BrOS. The molecule has 0 spiro atoms. The first kappa shape index (κ1) is 13.1. The van der Waals surface area contributed by atoms with Crippen LogP contribution in [0.5, 0.6) is 0 Å². The molecule has 2 aromatic carbocycles. The molecule has 90 valence electrons. The second-order valence-corrected chi connectivity index (χ2v) is 5.50. The SMILES string of the molecule is O=C(C=CSc1ccccc1)c1ccc(Br)cc1. The Labute approximate surface area is 119 Å². The van der Waals surface area contributed by atoms with Crippen LogP contribution in [0.25, 0.3) is 0 Å². The Kier molecular flexibility index (Phi) is 4.79. The predicted octanol–water partition coefficient (Wildman–Crippen LogP) is 4.94. The Morgan fingerprint density at radius 2 is 1.67 bits per heavy atom. The number of carbonyl (C=O) groups excluding carboxylic acids is 1. The average Bonchev–Trinajstić information content (AvgIpc) is 2.40. The number of thioether (sulfide) groups is 1. The van der Waals surface area contributed by atoms with Crippen molar-refractivity contribution < 1.29 is 4.79 Å². The minimum atomic E-state index is 0.0194. The first-order chi connectivity index (χ1) is 8.75. The van der Waals surface area contributed by atoms with E-state index in [1.807, 2.05) is 60.0 Å². The zero-order valence-corrected chi connectivity index (χ0v) is 11.9. The van der Waals surface area contributed by atoms with E-state index in [9.17, 15) is 4.79 Å². The van der Waals surface area contributed by atoms with Crippen LogP contribution in [0.1, 0.15) is 10.4 Å². The van der Waals surface area contributed by atoms with E-state index in [0.717, 1.165) is 9.37 Å². The summed E-state index contributed by atoms with van der Waals surface area (Å²) < 4.78 is 0.974. The van der Waals surface area contributed by atoms with Gasteiger partial charge in [-0.15, -0.1) is 0 Å².